The average molecular weight is 491 g/mol. The van der Waals surface area contributed by atoms with Gasteiger partial charge in [0.05, 0.1) is 19.8 Å². The standard InChI is InChI=1S/C28H31FN4O3/c1-32(20-10-21(34)11-20)27(35)15-33-13-17-7-16(8-18(17)14-33)25-12-24-22(5-6-30-28(24)31-25)23-9-19(29)3-4-26(23)36-2/h3-7,9,12,17-18,20-21,34H,8,10-11,13-15H2,1-2H3,(H,30,31). The van der Waals surface area contributed by atoms with Crippen molar-refractivity contribution in [2.75, 3.05) is 33.8 Å². The minimum absolute atomic E-state index is 0.137. The smallest absolute Gasteiger partial charge is 0.236 e. The number of aliphatic hydroxyl groups excluding tert-OH is 1. The third-order valence-corrected chi connectivity index (χ3v) is 8.18. The molecule has 0 spiro atoms. The van der Waals surface area contributed by atoms with Gasteiger partial charge in [-0.25, -0.2) is 9.37 Å². The summed E-state index contributed by atoms with van der Waals surface area (Å²) in [5, 5.41) is 10.5. The first kappa shape index (κ1) is 23.2. The van der Waals surface area contributed by atoms with Gasteiger partial charge in [0.1, 0.15) is 17.2 Å². The van der Waals surface area contributed by atoms with Crippen molar-refractivity contribution >= 4 is 22.5 Å². The van der Waals surface area contributed by atoms with Crippen LogP contribution < -0.4 is 4.74 Å². The molecule has 1 aliphatic heterocycles. The number of allylic oxidation sites excluding steroid dienone is 1. The molecule has 1 saturated carbocycles. The molecule has 1 amide bonds. The molecular weight excluding hydrogens is 459 g/mol. The molecule has 7 nitrogen and oxygen atoms in total. The van der Waals surface area contributed by atoms with Crippen LogP contribution in [-0.2, 0) is 4.79 Å². The van der Waals surface area contributed by atoms with Crippen molar-refractivity contribution in [1.29, 1.82) is 0 Å². The number of hydrogen-bond donors (Lipinski definition) is 2. The Bertz CT molecular complexity index is 1350. The van der Waals surface area contributed by atoms with Crippen molar-refractivity contribution in [2.45, 2.75) is 31.4 Å². The lowest BCUT2D eigenvalue weighted by Gasteiger charge is -2.39. The third-order valence-electron chi connectivity index (χ3n) is 8.18. The summed E-state index contributed by atoms with van der Waals surface area (Å²) < 4.78 is 19.5. The van der Waals surface area contributed by atoms with Gasteiger partial charge in [-0.15, -0.1) is 0 Å². The molecule has 3 heterocycles. The Kier molecular flexibility index (Phi) is 5.80. The van der Waals surface area contributed by atoms with E-state index >= 15 is 0 Å². The van der Waals surface area contributed by atoms with E-state index < -0.39 is 0 Å². The lowest BCUT2D eigenvalue weighted by molar-refractivity contribution is -0.136. The summed E-state index contributed by atoms with van der Waals surface area (Å²) >= 11 is 0. The number of ether oxygens (including phenoxy) is 1. The maximum absolute atomic E-state index is 14.1. The van der Waals surface area contributed by atoms with Crippen LogP contribution in [0.15, 0.2) is 42.6 Å². The minimum Gasteiger partial charge on any atom is -0.496 e. The van der Waals surface area contributed by atoms with Crippen molar-refractivity contribution in [3.05, 3.63) is 54.1 Å². The Labute approximate surface area is 209 Å². The second kappa shape index (κ2) is 9.01. The highest BCUT2D eigenvalue weighted by molar-refractivity contribution is 5.96. The molecule has 1 saturated heterocycles. The number of methoxy groups -OCH3 is 1. The first-order valence-electron chi connectivity index (χ1n) is 12.6. The zero-order valence-electron chi connectivity index (χ0n) is 20.6. The number of aliphatic hydroxyl groups is 1. The van der Waals surface area contributed by atoms with E-state index in [2.05, 4.69) is 27.0 Å². The number of nitrogens with zero attached hydrogens (tertiary/aromatic N) is 3. The van der Waals surface area contributed by atoms with Crippen LogP contribution in [0.4, 0.5) is 4.39 Å². The molecule has 0 radical (unpaired) electrons. The van der Waals surface area contributed by atoms with E-state index in [4.69, 9.17) is 4.74 Å². The van der Waals surface area contributed by atoms with E-state index in [0.717, 1.165) is 41.8 Å². The number of likely N-dealkylation sites (N-methyl/N-ethyl adjacent to an activating group) is 1. The van der Waals surface area contributed by atoms with Crippen molar-refractivity contribution < 1.29 is 19.0 Å². The van der Waals surface area contributed by atoms with Gasteiger partial charge in [0, 0.05) is 49.0 Å². The Morgan fingerprint density at radius 3 is 2.83 bits per heavy atom. The highest BCUT2D eigenvalue weighted by Gasteiger charge is 2.39. The number of pyridine rings is 1. The third kappa shape index (κ3) is 4.08. The number of aromatic amines is 1. The van der Waals surface area contributed by atoms with Gasteiger partial charge in [-0.05, 0) is 72.6 Å². The Morgan fingerprint density at radius 1 is 1.25 bits per heavy atom. The Morgan fingerprint density at radius 2 is 2.08 bits per heavy atom. The van der Waals surface area contributed by atoms with Crippen LogP contribution in [0.1, 0.15) is 25.0 Å². The molecule has 188 valence electrons. The van der Waals surface area contributed by atoms with Crippen molar-refractivity contribution in [2.24, 2.45) is 11.8 Å². The number of likely N-dealkylation sites (tertiary alicyclic amines) is 1. The van der Waals surface area contributed by atoms with Gasteiger partial charge in [-0.3, -0.25) is 9.69 Å². The molecule has 36 heavy (non-hydrogen) atoms. The molecule has 6 rings (SSSR count). The monoisotopic (exact) mass is 490 g/mol. The first-order valence-corrected chi connectivity index (χ1v) is 12.6. The van der Waals surface area contributed by atoms with Crippen molar-refractivity contribution in [3.63, 3.8) is 0 Å². The van der Waals surface area contributed by atoms with Gasteiger partial charge >= 0.3 is 0 Å². The van der Waals surface area contributed by atoms with Gasteiger partial charge in [-0.1, -0.05) is 6.08 Å². The molecule has 3 aliphatic rings. The predicted molar refractivity (Wildman–Crippen MR) is 136 cm³/mol. The van der Waals surface area contributed by atoms with Crippen LogP contribution in [0.3, 0.4) is 0 Å². The van der Waals surface area contributed by atoms with E-state index in [1.807, 2.05) is 18.0 Å². The number of fused-ring (bicyclic) bond motifs is 2. The topological polar surface area (TPSA) is 81.7 Å². The molecule has 2 aliphatic carbocycles. The summed E-state index contributed by atoms with van der Waals surface area (Å²) in [6, 6.07) is 8.73. The van der Waals surface area contributed by atoms with Crippen LogP contribution in [0.25, 0.3) is 27.7 Å². The highest BCUT2D eigenvalue weighted by atomic mass is 19.1. The molecule has 2 N–H and O–H groups in total. The number of amides is 1. The van der Waals surface area contributed by atoms with Gasteiger partial charge in [0.2, 0.25) is 5.91 Å². The van der Waals surface area contributed by atoms with Crippen molar-refractivity contribution in [1.82, 2.24) is 19.8 Å². The molecule has 2 fully saturated rings. The molecule has 8 heteroatoms. The highest BCUT2D eigenvalue weighted by Crippen LogP contribution is 2.42. The predicted octanol–water partition coefficient (Wildman–Crippen LogP) is 3.69. The second-order valence-electron chi connectivity index (χ2n) is 10.4. The summed E-state index contributed by atoms with van der Waals surface area (Å²) in [5.41, 5.74) is 4.66. The average Bonchev–Trinajstić information content (AvgIpc) is 3.54. The van der Waals surface area contributed by atoms with E-state index in [0.29, 0.717) is 42.5 Å². The molecular formula is C28H31FN4O3. The number of carbonyl (C=O) groups is 1. The zero-order valence-corrected chi connectivity index (χ0v) is 20.6. The summed E-state index contributed by atoms with van der Waals surface area (Å²) in [4.78, 5) is 24.8. The number of hydrogen-bond acceptors (Lipinski definition) is 5. The van der Waals surface area contributed by atoms with Crippen LogP contribution >= 0.6 is 0 Å². The van der Waals surface area contributed by atoms with Crippen molar-refractivity contribution in [3.8, 4) is 16.9 Å². The fourth-order valence-electron chi connectivity index (χ4n) is 6.04. The summed E-state index contributed by atoms with van der Waals surface area (Å²) in [6.45, 7) is 2.22. The van der Waals surface area contributed by atoms with E-state index in [1.54, 1.807) is 19.4 Å². The quantitative estimate of drug-likeness (QED) is 0.551. The fraction of sp³-hybridized carbons (Fsp3) is 0.429. The van der Waals surface area contributed by atoms with Gasteiger partial charge in [-0.2, -0.15) is 0 Å². The van der Waals surface area contributed by atoms with Gasteiger partial charge in [0.15, 0.2) is 0 Å². The lowest BCUT2D eigenvalue weighted by atomic mass is 9.88. The second-order valence-corrected chi connectivity index (χ2v) is 10.4. The van der Waals surface area contributed by atoms with E-state index in [-0.39, 0.29) is 23.9 Å². The Hall–Kier alpha value is -3.23. The van der Waals surface area contributed by atoms with Gasteiger partial charge < -0.3 is 19.7 Å². The van der Waals surface area contributed by atoms with Crippen LogP contribution in [0, 0.1) is 17.7 Å². The van der Waals surface area contributed by atoms with Crippen LogP contribution in [-0.4, -0.2) is 76.7 Å². The van der Waals surface area contributed by atoms with Crippen LogP contribution in [0.5, 0.6) is 5.75 Å². The molecule has 2 unspecified atom stereocenters. The number of aromatic nitrogens is 2. The number of benzene rings is 1. The minimum atomic E-state index is -0.308. The SMILES string of the molecule is COc1ccc(F)cc1-c1ccnc2[nH]c(C3=CC4CN(CC(=O)N(C)C5CC(O)C5)CC4C3)cc12. The fourth-order valence-corrected chi connectivity index (χ4v) is 6.04. The normalized spacial score (nSPS) is 25.5. The number of nitrogens with one attached hydrogen (secondary N) is 1. The van der Waals surface area contributed by atoms with E-state index in [1.165, 1.54) is 17.7 Å². The zero-order chi connectivity index (χ0) is 25.0. The first-order chi connectivity index (χ1) is 17.4. The molecule has 2 aromatic heterocycles. The summed E-state index contributed by atoms with van der Waals surface area (Å²) in [5.74, 6) is 1.36. The van der Waals surface area contributed by atoms with Gasteiger partial charge in [0.25, 0.3) is 0 Å². The number of H-pyrrole nitrogens is 1. The van der Waals surface area contributed by atoms with Crippen LogP contribution in [0.2, 0.25) is 0 Å². The number of rotatable bonds is 6. The summed E-state index contributed by atoms with van der Waals surface area (Å²) in [7, 11) is 3.44. The maximum atomic E-state index is 14.1. The lowest BCUT2D eigenvalue weighted by Crippen LogP contribution is -2.50. The molecule has 1 aromatic carbocycles. The maximum Gasteiger partial charge on any atom is 0.236 e. The molecule has 2 atom stereocenters. The summed E-state index contributed by atoms with van der Waals surface area (Å²) in [6.07, 6.45) is 6.14. The van der Waals surface area contributed by atoms with E-state index in [9.17, 15) is 14.3 Å². The number of halogens is 1. The molecule has 3 aromatic rings. The largest absolute Gasteiger partial charge is 0.496 e. The Balaban J connectivity index is 1.18. The molecule has 0 bridgehead atoms. The number of carbonyl (C=O) groups excluding carboxylic acids is 1.